The van der Waals surface area contributed by atoms with Gasteiger partial charge >= 0.3 is 0 Å². The zero-order chi connectivity index (χ0) is 16.9. The molecule has 24 heavy (non-hydrogen) atoms. The number of nitrogens with zero attached hydrogens (tertiary/aromatic N) is 6. The standard InChI is InChI=1S/C16H22ClN7/c1-2-22-12-20-21-15(22)11-19-16(18)24-9-7-23(8-10-24)14-5-3-13(17)4-6-14/h3-6,12H,2,7-11H2,1H3,(H2,18,19). The summed E-state index contributed by atoms with van der Waals surface area (Å²) in [5.74, 6) is 1.40. The third kappa shape index (κ3) is 3.79. The normalized spacial score (nSPS) is 15.8. The Kier molecular flexibility index (Phi) is 5.20. The van der Waals surface area contributed by atoms with Gasteiger partial charge in [0.05, 0.1) is 0 Å². The molecule has 0 spiro atoms. The molecule has 1 aliphatic rings. The maximum absolute atomic E-state index is 6.14. The number of benzene rings is 1. The number of aliphatic imine (C=N–C) groups is 1. The lowest BCUT2D eigenvalue weighted by molar-refractivity contribution is 0.380. The van der Waals surface area contributed by atoms with E-state index in [2.05, 4.69) is 31.9 Å². The summed E-state index contributed by atoms with van der Waals surface area (Å²) < 4.78 is 1.97. The summed E-state index contributed by atoms with van der Waals surface area (Å²) in [6.45, 7) is 6.84. The highest BCUT2D eigenvalue weighted by molar-refractivity contribution is 6.30. The molecule has 1 saturated heterocycles. The number of hydrogen-bond acceptors (Lipinski definition) is 4. The van der Waals surface area contributed by atoms with Crippen molar-refractivity contribution in [2.75, 3.05) is 31.1 Å². The summed E-state index contributed by atoms with van der Waals surface area (Å²) in [5, 5.41) is 8.74. The van der Waals surface area contributed by atoms with Crippen molar-refractivity contribution in [1.29, 1.82) is 0 Å². The summed E-state index contributed by atoms with van der Waals surface area (Å²) in [6, 6.07) is 7.94. The number of rotatable bonds is 4. The fourth-order valence-corrected chi connectivity index (χ4v) is 2.89. The molecule has 1 fully saturated rings. The van der Waals surface area contributed by atoms with Gasteiger partial charge in [-0.05, 0) is 31.2 Å². The van der Waals surface area contributed by atoms with Crippen LogP contribution in [0, 0.1) is 0 Å². The first-order chi connectivity index (χ1) is 11.7. The highest BCUT2D eigenvalue weighted by atomic mass is 35.5. The van der Waals surface area contributed by atoms with Crippen LogP contribution in [0.5, 0.6) is 0 Å². The van der Waals surface area contributed by atoms with E-state index in [1.54, 1.807) is 6.33 Å². The summed E-state index contributed by atoms with van der Waals surface area (Å²) >= 11 is 5.94. The average molecular weight is 348 g/mol. The number of halogens is 1. The van der Waals surface area contributed by atoms with Gasteiger partial charge in [0.1, 0.15) is 12.9 Å². The monoisotopic (exact) mass is 347 g/mol. The van der Waals surface area contributed by atoms with Gasteiger partial charge in [0.2, 0.25) is 0 Å². The zero-order valence-corrected chi connectivity index (χ0v) is 14.5. The third-order valence-electron chi connectivity index (χ3n) is 4.21. The van der Waals surface area contributed by atoms with Crippen LogP contribution in [0.2, 0.25) is 5.02 Å². The van der Waals surface area contributed by atoms with E-state index in [4.69, 9.17) is 17.3 Å². The van der Waals surface area contributed by atoms with Crippen LogP contribution in [-0.2, 0) is 13.1 Å². The number of piperazine rings is 1. The van der Waals surface area contributed by atoms with Crippen LogP contribution in [0.25, 0.3) is 0 Å². The van der Waals surface area contributed by atoms with Crippen molar-refractivity contribution in [1.82, 2.24) is 19.7 Å². The van der Waals surface area contributed by atoms with Crippen molar-refractivity contribution in [3.63, 3.8) is 0 Å². The van der Waals surface area contributed by atoms with E-state index in [0.29, 0.717) is 12.5 Å². The smallest absolute Gasteiger partial charge is 0.191 e. The number of aromatic nitrogens is 3. The Balaban J connectivity index is 1.55. The second-order valence-corrected chi connectivity index (χ2v) is 6.09. The molecule has 2 aromatic rings. The molecule has 2 heterocycles. The van der Waals surface area contributed by atoms with Crippen molar-refractivity contribution in [2.45, 2.75) is 20.0 Å². The Labute approximate surface area is 146 Å². The molecule has 0 radical (unpaired) electrons. The van der Waals surface area contributed by atoms with E-state index < -0.39 is 0 Å². The molecule has 3 rings (SSSR count). The molecule has 0 saturated carbocycles. The van der Waals surface area contributed by atoms with Crippen LogP contribution < -0.4 is 10.6 Å². The molecule has 2 N–H and O–H groups in total. The molecule has 1 aromatic heterocycles. The first-order valence-corrected chi connectivity index (χ1v) is 8.47. The second-order valence-electron chi connectivity index (χ2n) is 5.66. The maximum Gasteiger partial charge on any atom is 0.191 e. The van der Waals surface area contributed by atoms with Crippen molar-refractivity contribution in [3.05, 3.63) is 41.4 Å². The molecule has 0 amide bonds. The quantitative estimate of drug-likeness (QED) is 0.671. The van der Waals surface area contributed by atoms with Crippen LogP contribution in [-0.4, -0.2) is 51.8 Å². The minimum Gasteiger partial charge on any atom is -0.370 e. The van der Waals surface area contributed by atoms with Gasteiger partial charge in [-0.3, -0.25) is 0 Å². The highest BCUT2D eigenvalue weighted by Crippen LogP contribution is 2.19. The van der Waals surface area contributed by atoms with E-state index in [0.717, 1.165) is 43.6 Å². The lowest BCUT2D eigenvalue weighted by Crippen LogP contribution is -2.51. The Morgan fingerprint density at radius 3 is 2.58 bits per heavy atom. The summed E-state index contributed by atoms with van der Waals surface area (Å²) in [6.07, 6.45) is 1.71. The molecule has 1 aromatic carbocycles. The topological polar surface area (TPSA) is 75.6 Å². The minimum absolute atomic E-state index is 0.455. The predicted molar refractivity (Wildman–Crippen MR) is 96.3 cm³/mol. The average Bonchev–Trinajstić information content (AvgIpc) is 3.08. The van der Waals surface area contributed by atoms with E-state index in [9.17, 15) is 0 Å². The second kappa shape index (κ2) is 7.53. The van der Waals surface area contributed by atoms with Gasteiger partial charge in [-0.2, -0.15) is 0 Å². The van der Waals surface area contributed by atoms with Crippen LogP contribution in [0.15, 0.2) is 35.6 Å². The molecule has 1 aliphatic heterocycles. The molecule has 7 nitrogen and oxygen atoms in total. The third-order valence-corrected chi connectivity index (χ3v) is 4.47. The molecule has 0 atom stereocenters. The minimum atomic E-state index is 0.455. The zero-order valence-electron chi connectivity index (χ0n) is 13.8. The van der Waals surface area contributed by atoms with Gasteiger partial charge in [-0.25, -0.2) is 4.99 Å². The molecule has 8 heteroatoms. The van der Waals surface area contributed by atoms with E-state index in [-0.39, 0.29) is 0 Å². The van der Waals surface area contributed by atoms with Gasteiger partial charge in [-0.15, -0.1) is 10.2 Å². The van der Waals surface area contributed by atoms with E-state index >= 15 is 0 Å². The molecule has 0 bridgehead atoms. The van der Waals surface area contributed by atoms with Crippen molar-refractivity contribution in [3.8, 4) is 0 Å². The Bertz CT molecular complexity index is 687. The summed E-state index contributed by atoms with van der Waals surface area (Å²) in [5.41, 5.74) is 7.33. The Morgan fingerprint density at radius 1 is 1.21 bits per heavy atom. The van der Waals surface area contributed by atoms with Crippen LogP contribution in [0.3, 0.4) is 0 Å². The number of hydrogen-bond donors (Lipinski definition) is 1. The van der Waals surface area contributed by atoms with Crippen molar-refractivity contribution in [2.24, 2.45) is 10.7 Å². The number of guanidine groups is 1. The van der Waals surface area contributed by atoms with Crippen LogP contribution >= 0.6 is 11.6 Å². The fourth-order valence-electron chi connectivity index (χ4n) is 2.76. The van der Waals surface area contributed by atoms with Crippen LogP contribution in [0.1, 0.15) is 12.7 Å². The molecule has 0 unspecified atom stereocenters. The predicted octanol–water partition coefficient (Wildman–Crippen LogP) is 1.59. The highest BCUT2D eigenvalue weighted by Gasteiger charge is 2.18. The Hall–Kier alpha value is -2.28. The van der Waals surface area contributed by atoms with Crippen LogP contribution in [0.4, 0.5) is 5.69 Å². The van der Waals surface area contributed by atoms with Gasteiger partial charge in [0.25, 0.3) is 0 Å². The van der Waals surface area contributed by atoms with Gasteiger partial charge < -0.3 is 20.1 Å². The van der Waals surface area contributed by atoms with Gasteiger partial charge in [0, 0.05) is 43.4 Å². The molecule has 0 aliphatic carbocycles. The lowest BCUT2D eigenvalue weighted by Gasteiger charge is -2.36. The number of anilines is 1. The number of aryl methyl sites for hydroxylation is 1. The molecular weight excluding hydrogens is 326 g/mol. The van der Waals surface area contributed by atoms with Crippen molar-refractivity contribution < 1.29 is 0 Å². The number of nitrogens with two attached hydrogens (primary N) is 1. The molecule has 128 valence electrons. The van der Waals surface area contributed by atoms with E-state index in [1.165, 1.54) is 5.69 Å². The first-order valence-electron chi connectivity index (χ1n) is 8.09. The largest absolute Gasteiger partial charge is 0.370 e. The molecular formula is C16H22ClN7. The summed E-state index contributed by atoms with van der Waals surface area (Å²) in [7, 11) is 0. The SMILES string of the molecule is CCn1cnnc1CN=C(N)N1CCN(c2ccc(Cl)cc2)CC1. The fraction of sp³-hybridized carbons (Fsp3) is 0.438. The van der Waals surface area contributed by atoms with Crippen molar-refractivity contribution >= 4 is 23.2 Å². The van der Waals surface area contributed by atoms with Gasteiger partial charge in [0.15, 0.2) is 11.8 Å². The maximum atomic E-state index is 6.14. The first kappa shape index (κ1) is 16.6. The lowest BCUT2D eigenvalue weighted by atomic mass is 10.2. The summed E-state index contributed by atoms with van der Waals surface area (Å²) in [4.78, 5) is 8.91. The Morgan fingerprint density at radius 2 is 1.92 bits per heavy atom. The van der Waals surface area contributed by atoms with E-state index in [1.807, 2.05) is 28.8 Å². The van der Waals surface area contributed by atoms with Gasteiger partial charge in [-0.1, -0.05) is 11.6 Å².